The van der Waals surface area contributed by atoms with Crippen LogP contribution >= 0.6 is 0 Å². The van der Waals surface area contributed by atoms with Crippen LogP contribution in [0.2, 0.25) is 0 Å². The molecule has 2 atom stereocenters. The fourth-order valence-electron chi connectivity index (χ4n) is 3.69. The first-order valence-electron chi connectivity index (χ1n) is 7.69. The molecule has 0 unspecified atom stereocenters. The lowest BCUT2D eigenvalue weighted by Crippen LogP contribution is -2.38. The van der Waals surface area contributed by atoms with E-state index in [0.717, 1.165) is 12.8 Å². The van der Waals surface area contributed by atoms with Crippen LogP contribution in [0.4, 0.5) is 0 Å². The number of aliphatic carboxylic acids is 1. The Bertz CT molecular complexity index is 664. The maximum Gasteiger partial charge on any atom is 0.311 e. The smallest absolute Gasteiger partial charge is 0.311 e. The van der Waals surface area contributed by atoms with Gasteiger partial charge in [0, 0.05) is 13.1 Å². The molecule has 2 aliphatic rings. The first-order valence-corrected chi connectivity index (χ1v) is 7.69. The van der Waals surface area contributed by atoms with Gasteiger partial charge in [0.1, 0.15) is 5.75 Å². The van der Waals surface area contributed by atoms with E-state index in [2.05, 4.69) is 0 Å². The Morgan fingerprint density at radius 1 is 1.39 bits per heavy atom. The molecule has 3 rings (SSSR count). The number of nitrogens with zero attached hydrogens (tertiary/aromatic N) is 2. The molecule has 1 saturated heterocycles. The lowest BCUT2D eigenvalue weighted by atomic mass is 9.81. The number of benzene rings is 1. The van der Waals surface area contributed by atoms with Crippen LogP contribution in [-0.4, -0.2) is 41.6 Å². The van der Waals surface area contributed by atoms with Crippen LogP contribution in [0.3, 0.4) is 0 Å². The highest BCUT2D eigenvalue weighted by molar-refractivity contribution is 5.82. The lowest BCUT2D eigenvalue weighted by molar-refractivity contribution is -0.149. The Balaban J connectivity index is 1.59. The van der Waals surface area contributed by atoms with Crippen molar-refractivity contribution >= 4 is 11.9 Å². The predicted octanol–water partition coefficient (Wildman–Crippen LogP) is 1.65. The molecular formula is C17H18N2O4. The number of carbonyl (C=O) groups excluding carboxylic acids is 1. The van der Waals surface area contributed by atoms with E-state index in [-0.39, 0.29) is 25.0 Å². The van der Waals surface area contributed by atoms with Crippen LogP contribution in [0, 0.1) is 22.7 Å². The lowest BCUT2D eigenvalue weighted by Gasteiger charge is -2.23. The molecule has 0 radical (unpaired) electrons. The van der Waals surface area contributed by atoms with Crippen molar-refractivity contribution in [3.63, 3.8) is 0 Å². The summed E-state index contributed by atoms with van der Waals surface area (Å²) in [4.78, 5) is 25.5. The van der Waals surface area contributed by atoms with Crippen molar-refractivity contribution in [3.8, 4) is 11.8 Å². The first kappa shape index (κ1) is 15.3. The van der Waals surface area contributed by atoms with E-state index < -0.39 is 11.4 Å². The minimum atomic E-state index is -0.789. The standard InChI is InChI=1S/C17H18N2O4/c18-8-12-3-5-14(6-4-12)23-10-15(20)19-9-13-2-1-7-17(13,11-19)16(21)22/h3-6,13H,1-2,7,9-11H2,(H,21,22)/t13-,17+/m0/s1. The normalized spacial score (nSPS) is 25.7. The van der Waals surface area contributed by atoms with Gasteiger partial charge in [-0.1, -0.05) is 6.42 Å². The molecule has 1 heterocycles. The summed E-state index contributed by atoms with van der Waals surface area (Å²) in [5.74, 6) is -0.406. The number of hydrogen-bond acceptors (Lipinski definition) is 4. The third kappa shape index (κ3) is 2.74. The van der Waals surface area contributed by atoms with Gasteiger partial charge in [-0.3, -0.25) is 9.59 Å². The molecule has 0 spiro atoms. The number of rotatable bonds is 4. The Hall–Kier alpha value is -2.55. The molecule has 0 aromatic heterocycles. The number of carboxylic acids is 1. The Morgan fingerprint density at radius 2 is 2.13 bits per heavy atom. The summed E-state index contributed by atoms with van der Waals surface area (Å²) < 4.78 is 5.45. The van der Waals surface area contributed by atoms with Gasteiger partial charge in [0.25, 0.3) is 5.91 Å². The molecule has 1 aromatic rings. The zero-order valence-electron chi connectivity index (χ0n) is 12.7. The second-order valence-corrected chi connectivity index (χ2v) is 6.25. The van der Waals surface area contributed by atoms with Gasteiger partial charge in [-0.05, 0) is 43.0 Å². The summed E-state index contributed by atoms with van der Waals surface area (Å²) in [6.45, 7) is 0.665. The van der Waals surface area contributed by atoms with Crippen LogP contribution in [0.1, 0.15) is 24.8 Å². The van der Waals surface area contributed by atoms with E-state index in [0.29, 0.717) is 24.3 Å². The van der Waals surface area contributed by atoms with E-state index >= 15 is 0 Å². The van der Waals surface area contributed by atoms with E-state index in [9.17, 15) is 14.7 Å². The number of nitriles is 1. The van der Waals surface area contributed by atoms with Crippen molar-refractivity contribution in [3.05, 3.63) is 29.8 Å². The van der Waals surface area contributed by atoms with Crippen molar-refractivity contribution in [2.24, 2.45) is 11.3 Å². The zero-order valence-corrected chi connectivity index (χ0v) is 12.7. The van der Waals surface area contributed by atoms with Crippen molar-refractivity contribution in [1.29, 1.82) is 5.26 Å². The van der Waals surface area contributed by atoms with Crippen LogP contribution in [0.15, 0.2) is 24.3 Å². The minimum absolute atomic E-state index is 0.0545. The maximum absolute atomic E-state index is 12.3. The second-order valence-electron chi connectivity index (χ2n) is 6.25. The van der Waals surface area contributed by atoms with E-state index in [1.165, 1.54) is 0 Å². The highest BCUT2D eigenvalue weighted by Gasteiger charge is 2.55. The van der Waals surface area contributed by atoms with E-state index in [1.54, 1.807) is 29.2 Å². The van der Waals surface area contributed by atoms with Gasteiger partial charge < -0.3 is 14.7 Å². The molecule has 0 bridgehead atoms. The molecule has 1 saturated carbocycles. The SMILES string of the molecule is N#Cc1ccc(OCC(=O)N2C[C@@H]3CCC[C@@]3(C(=O)O)C2)cc1. The molecule has 6 nitrogen and oxygen atoms in total. The summed E-state index contributed by atoms with van der Waals surface area (Å²) in [5.41, 5.74) is -0.233. The number of amides is 1. The fourth-order valence-corrected chi connectivity index (χ4v) is 3.69. The number of fused-ring (bicyclic) bond motifs is 1. The quantitative estimate of drug-likeness (QED) is 0.912. The summed E-state index contributed by atoms with van der Waals surface area (Å²) in [6, 6.07) is 8.55. The maximum atomic E-state index is 12.3. The van der Waals surface area contributed by atoms with Crippen molar-refractivity contribution in [2.75, 3.05) is 19.7 Å². The van der Waals surface area contributed by atoms with E-state index in [1.807, 2.05) is 6.07 Å². The Kier molecular flexibility index (Phi) is 3.95. The first-order chi connectivity index (χ1) is 11.0. The molecule has 1 aliphatic heterocycles. The number of hydrogen-bond donors (Lipinski definition) is 1. The molecule has 1 N–H and O–H groups in total. The third-order valence-corrected chi connectivity index (χ3v) is 5.00. The average Bonchev–Trinajstić information content (AvgIpc) is 3.11. The van der Waals surface area contributed by atoms with Crippen LogP contribution in [0.25, 0.3) is 0 Å². The number of ether oxygens (including phenoxy) is 1. The Labute approximate surface area is 134 Å². The van der Waals surface area contributed by atoms with Crippen molar-refractivity contribution in [1.82, 2.24) is 4.90 Å². The molecule has 2 fully saturated rings. The molecule has 120 valence electrons. The number of carboxylic acid groups (broad SMARTS) is 1. The van der Waals surface area contributed by atoms with Crippen LogP contribution in [0.5, 0.6) is 5.75 Å². The third-order valence-electron chi connectivity index (χ3n) is 5.00. The largest absolute Gasteiger partial charge is 0.484 e. The molecule has 1 aliphatic carbocycles. The van der Waals surface area contributed by atoms with Crippen LogP contribution in [-0.2, 0) is 9.59 Å². The Morgan fingerprint density at radius 3 is 2.74 bits per heavy atom. The van der Waals surface area contributed by atoms with Crippen molar-refractivity contribution < 1.29 is 19.4 Å². The zero-order chi connectivity index (χ0) is 16.4. The van der Waals surface area contributed by atoms with Gasteiger partial charge >= 0.3 is 5.97 Å². The summed E-state index contributed by atoms with van der Waals surface area (Å²) >= 11 is 0. The van der Waals surface area contributed by atoms with Gasteiger partial charge in [0.15, 0.2) is 6.61 Å². The molecule has 1 amide bonds. The van der Waals surface area contributed by atoms with Gasteiger partial charge in [-0.2, -0.15) is 5.26 Å². The molecule has 23 heavy (non-hydrogen) atoms. The molecule has 6 heteroatoms. The molecular weight excluding hydrogens is 296 g/mol. The summed E-state index contributed by atoms with van der Waals surface area (Å²) in [6.07, 6.45) is 2.43. The highest BCUT2D eigenvalue weighted by atomic mass is 16.5. The van der Waals surface area contributed by atoms with Crippen molar-refractivity contribution in [2.45, 2.75) is 19.3 Å². The monoisotopic (exact) mass is 314 g/mol. The molecule has 1 aromatic carbocycles. The number of carbonyl (C=O) groups is 2. The van der Waals surface area contributed by atoms with E-state index in [4.69, 9.17) is 10.00 Å². The minimum Gasteiger partial charge on any atom is -0.484 e. The fraction of sp³-hybridized carbons (Fsp3) is 0.471. The number of likely N-dealkylation sites (tertiary alicyclic amines) is 1. The topological polar surface area (TPSA) is 90.6 Å². The predicted molar refractivity (Wildman–Crippen MR) is 80.6 cm³/mol. The summed E-state index contributed by atoms with van der Waals surface area (Å²) in [7, 11) is 0. The van der Waals surface area contributed by atoms with Gasteiger partial charge in [0.2, 0.25) is 0 Å². The second kappa shape index (κ2) is 5.92. The van der Waals surface area contributed by atoms with Crippen LogP contribution < -0.4 is 4.74 Å². The van der Waals surface area contributed by atoms with Gasteiger partial charge in [0.05, 0.1) is 17.0 Å². The van der Waals surface area contributed by atoms with Gasteiger partial charge in [-0.15, -0.1) is 0 Å². The summed E-state index contributed by atoms with van der Waals surface area (Å²) in [5, 5.41) is 18.3. The van der Waals surface area contributed by atoms with Gasteiger partial charge in [-0.25, -0.2) is 0 Å². The average molecular weight is 314 g/mol. The highest BCUT2D eigenvalue weighted by Crippen LogP contribution is 2.48.